The minimum atomic E-state index is -0.506. The molecule has 8 heteroatoms. The van der Waals surface area contributed by atoms with E-state index in [1.165, 1.54) is 46.5 Å². The number of methoxy groups -OCH3 is 1. The molecular formula is C55H69BrClF2NO3. The van der Waals surface area contributed by atoms with Crippen LogP contribution in [-0.4, -0.2) is 12.0 Å². The molecular weight excluding hydrogens is 876 g/mol. The van der Waals surface area contributed by atoms with Gasteiger partial charge in [-0.05, 0) is 117 Å². The molecule has 0 saturated heterocycles. The average molecular weight is 946 g/mol. The standard InChI is InChI=1S/C10H14O.C9H11Br.C9H11Cl.C9H10F2.C9H11NO2.C9H12/c1-8(2)9-4-6-10(11-3)7-5-9;1-7(2)8-3-5-9(10)6-4-8;1-7(2)8-4-3-5-9(10)6-8;1-6(2)7-3-8(10)5-9(11)4-7;1-7(2)8-3-5-9(6-4-8)10(11)12;1-8(2)9-6-4-3-5-7-9/h4-8H,1-3H3;2*3-7H,1-2H3;3-6H,1-2H3;3-7H,1-2H3;3-8H,1-2H3. The van der Waals surface area contributed by atoms with Crippen LogP contribution < -0.4 is 4.74 Å². The maximum absolute atomic E-state index is 12.5. The van der Waals surface area contributed by atoms with Crippen molar-refractivity contribution in [3.05, 3.63) is 210 Å². The van der Waals surface area contributed by atoms with E-state index in [-0.39, 0.29) is 16.5 Å². The molecule has 6 aromatic carbocycles. The number of nitro groups is 1. The molecule has 0 aliphatic carbocycles. The molecule has 6 aromatic rings. The summed E-state index contributed by atoms with van der Waals surface area (Å²) >= 11 is 9.18. The number of non-ortho nitro benzene ring substituents is 1. The van der Waals surface area contributed by atoms with Crippen LogP contribution in [-0.2, 0) is 0 Å². The Bertz CT molecular complexity index is 2120. The number of rotatable bonds is 8. The second-order valence-electron chi connectivity index (χ2n) is 16.8. The third-order valence-corrected chi connectivity index (χ3v) is 10.4. The quantitative estimate of drug-likeness (QED) is 0.113. The van der Waals surface area contributed by atoms with Gasteiger partial charge in [-0.1, -0.05) is 189 Å². The van der Waals surface area contributed by atoms with Crippen LogP contribution >= 0.6 is 27.5 Å². The van der Waals surface area contributed by atoms with Crippen molar-refractivity contribution in [1.29, 1.82) is 0 Å². The van der Waals surface area contributed by atoms with E-state index in [1.54, 1.807) is 19.2 Å². The summed E-state index contributed by atoms with van der Waals surface area (Å²) in [5, 5.41) is 11.1. The molecule has 0 unspecified atom stereocenters. The van der Waals surface area contributed by atoms with E-state index in [2.05, 4.69) is 152 Å². The third kappa shape index (κ3) is 24.0. The van der Waals surface area contributed by atoms with Crippen LogP contribution in [0.15, 0.2) is 150 Å². The lowest BCUT2D eigenvalue weighted by Gasteiger charge is -2.05. The van der Waals surface area contributed by atoms with Crippen LogP contribution in [0.2, 0.25) is 5.02 Å². The number of halogens is 4. The van der Waals surface area contributed by atoms with E-state index in [0.29, 0.717) is 35.2 Å². The Morgan fingerprint density at radius 1 is 0.476 bits per heavy atom. The van der Waals surface area contributed by atoms with Crippen LogP contribution in [0.1, 0.15) is 152 Å². The highest BCUT2D eigenvalue weighted by Gasteiger charge is 2.06. The minimum Gasteiger partial charge on any atom is -0.497 e. The maximum atomic E-state index is 12.5. The highest BCUT2D eigenvalue weighted by Crippen LogP contribution is 2.21. The predicted molar refractivity (Wildman–Crippen MR) is 269 cm³/mol. The monoisotopic (exact) mass is 943 g/mol. The molecule has 4 nitrogen and oxygen atoms in total. The number of nitrogens with zero attached hydrogens (tertiary/aromatic N) is 1. The summed E-state index contributed by atoms with van der Waals surface area (Å²) in [5.41, 5.74) is 7.43. The first-order chi connectivity index (χ1) is 29.6. The number of nitro benzene ring substituents is 1. The Hall–Kier alpha value is -4.85. The molecule has 63 heavy (non-hydrogen) atoms. The molecule has 0 bridgehead atoms. The Morgan fingerprint density at radius 2 is 0.841 bits per heavy atom. The van der Waals surface area contributed by atoms with Gasteiger partial charge in [0, 0.05) is 27.7 Å². The van der Waals surface area contributed by atoms with Crippen molar-refractivity contribution in [2.45, 2.75) is 119 Å². The predicted octanol–water partition coefficient (Wildman–Crippen LogP) is 18.5. The molecule has 0 amide bonds. The van der Waals surface area contributed by atoms with Gasteiger partial charge in [-0.25, -0.2) is 8.78 Å². The van der Waals surface area contributed by atoms with Crippen LogP contribution in [0, 0.1) is 21.7 Å². The Labute approximate surface area is 391 Å². The van der Waals surface area contributed by atoms with Gasteiger partial charge in [-0.2, -0.15) is 0 Å². The lowest BCUT2D eigenvalue weighted by molar-refractivity contribution is -0.384. The van der Waals surface area contributed by atoms with Gasteiger partial charge in [0.2, 0.25) is 0 Å². The Kier molecular flexibility index (Phi) is 27.0. The second-order valence-corrected chi connectivity index (χ2v) is 18.1. The molecule has 0 aliphatic heterocycles. The molecule has 0 fully saturated rings. The summed E-state index contributed by atoms with van der Waals surface area (Å²) in [6, 6.07) is 45.4. The molecule has 6 rings (SSSR count). The van der Waals surface area contributed by atoms with Crippen molar-refractivity contribution >= 4 is 33.2 Å². The smallest absolute Gasteiger partial charge is 0.269 e. The van der Waals surface area contributed by atoms with E-state index in [9.17, 15) is 18.9 Å². The van der Waals surface area contributed by atoms with Crippen molar-refractivity contribution in [2.75, 3.05) is 7.11 Å². The number of hydrogen-bond donors (Lipinski definition) is 0. The Morgan fingerprint density at radius 3 is 1.17 bits per heavy atom. The number of ether oxygens (including phenoxy) is 1. The van der Waals surface area contributed by atoms with Crippen molar-refractivity contribution in [1.82, 2.24) is 0 Å². The molecule has 0 aliphatic rings. The first-order valence-electron chi connectivity index (χ1n) is 21.5. The molecule has 0 atom stereocenters. The fraction of sp³-hybridized carbons (Fsp3) is 0.345. The van der Waals surface area contributed by atoms with Gasteiger partial charge in [-0.3, -0.25) is 10.1 Å². The third-order valence-electron chi connectivity index (χ3n) is 9.62. The average Bonchev–Trinajstić information content (AvgIpc) is 3.25. The van der Waals surface area contributed by atoms with Gasteiger partial charge < -0.3 is 4.74 Å². The van der Waals surface area contributed by atoms with E-state index < -0.39 is 11.6 Å². The van der Waals surface area contributed by atoms with Crippen LogP contribution in [0.5, 0.6) is 5.75 Å². The fourth-order valence-corrected chi connectivity index (χ4v) is 5.89. The van der Waals surface area contributed by atoms with Crippen molar-refractivity contribution < 1.29 is 18.4 Å². The van der Waals surface area contributed by atoms with Crippen LogP contribution in [0.25, 0.3) is 0 Å². The van der Waals surface area contributed by atoms with Gasteiger partial charge in [0.25, 0.3) is 5.69 Å². The summed E-state index contributed by atoms with van der Waals surface area (Å²) < 4.78 is 31.3. The summed E-state index contributed by atoms with van der Waals surface area (Å²) in [7, 11) is 1.68. The van der Waals surface area contributed by atoms with Crippen molar-refractivity contribution in [3.8, 4) is 5.75 Å². The first kappa shape index (κ1) is 56.2. The van der Waals surface area contributed by atoms with E-state index in [4.69, 9.17) is 16.3 Å². The molecule has 0 aromatic heterocycles. The maximum Gasteiger partial charge on any atom is 0.269 e. The van der Waals surface area contributed by atoms with Crippen LogP contribution in [0.3, 0.4) is 0 Å². The van der Waals surface area contributed by atoms with E-state index in [0.717, 1.165) is 26.9 Å². The number of benzene rings is 6. The SMILES string of the molecule is CC(C)c1cc(F)cc(F)c1.CC(C)c1ccc(Br)cc1.CC(C)c1ccc([N+](=O)[O-])cc1.CC(C)c1cccc(Cl)c1.CC(C)c1ccccc1.COc1ccc(C(C)C)cc1. The van der Waals surface area contributed by atoms with Gasteiger partial charge in [0.15, 0.2) is 0 Å². The molecule has 0 heterocycles. The largest absolute Gasteiger partial charge is 0.497 e. The zero-order valence-electron chi connectivity index (χ0n) is 39.5. The van der Waals surface area contributed by atoms with Crippen molar-refractivity contribution in [3.63, 3.8) is 0 Å². The summed E-state index contributed by atoms with van der Waals surface area (Å²) in [4.78, 5) is 9.90. The van der Waals surface area contributed by atoms with E-state index >= 15 is 0 Å². The Balaban J connectivity index is 0.000000379. The molecule has 0 spiro atoms. The normalized spacial score (nSPS) is 10.3. The lowest BCUT2D eigenvalue weighted by atomic mass is 10.0. The highest BCUT2D eigenvalue weighted by atomic mass is 79.9. The van der Waals surface area contributed by atoms with Gasteiger partial charge in [-0.15, -0.1) is 0 Å². The zero-order chi connectivity index (χ0) is 47.6. The molecule has 0 radical (unpaired) electrons. The van der Waals surface area contributed by atoms with Gasteiger partial charge >= 0.3 is 0 Å². The molecule has 340 valence electrons. The van der Waals surface area contributed by atoms with Crippen molar-refractivity contribution in [2.24, 2.45) is 0 Å². The van der Waals surface area contributed by atoms with Gasteiger partial charge in [0.05, 0.1) is 12.0 Å². The number of hydrogen-bond acceptors (Lipinski definition) is 3. The highest BCUT2D eigenvalue weighted by molar-refractivity contribution is 9.10. The summed E-state index contributed by atoms with van der Waals surface area (Å²) in [6.07, 6.45) is 0. The molecule has 0 saturated carbocycles. The topological polar surface area (TPSA) is 52.4 Å². The lowest BCUT2D eigenvalue weighted by Crippen LogP contribution is -1.90. The molecule has 0 N–H and O–H groups in total. The minimum absolute atomic E-state index is 0.152. The summed E-state index contributed by atoms with van der Waals surface area (Å²) in [5.74, 6) is 2.96. The summed E-state index contributed by atoms with van der Waals surface area (Å²) in [6.45, 7) is 25.4. The van der Waals surface area contributed by atoms with Gasteiger partial charge in [0.1, 0.15) is 17.4 Å². The second kappa shape index (κ2) is 30.3. The first-order valence-corrected chi connectivity index (χ1v) is 22.7. The van der Waals surface area contributed by atoms with E-state index in [1.807, 2.05) is 50.2 Å². The zero-order valence-corrected chi connectivity index (χ0v) is 41.8. The fourth-order valence-electron chi connectivity index (χ4n) is 5.43. The van der Waals surface area contributed by atoms with Crippen LogP contribution in [0.4, 0.5) is 14.5 Å².